The number of nitrogens with one attached hydrogen (secondary N) is 1. The largest absolute Gasteiger partial charge is 0.368 e. The standard InChI is InChI=1S/C14H16N4OS2/c15-12(19)14(18-11-6-7-11,10-4-2-1-3-5-10)8-20-13-16-9-17-21-13/h1-5,9,11,18H,6-8H2,(H2,15,19). The van der Waals surface area contributed by atoms with Gasteiger partial charge >= 0.3 is 0 Å². The van der Waals surface area contributed by atoms with Crippen molar-refractivity contribution >= 4 is 29.2 Å². The molecule has 3 N–H and O–H groups in total. The first-order valence-corrected chi connectivity index (χ1v) is 8.49. The summed E-state index contributed by atoms with van der Waals surface area (Å²) in [5.74, 6) is 0.163. The number of carbonyl (C=O) groups is 1. The summed E-state index contributed by atoms with van der Waals surface area (Å²) in [6, 6.07) is 10.0. The third-order valence-electron chi connectivity index (χ3n) is 3.47. The molecule has 1 aliphatic carbocycles. The molecule has 7 heteroatoms. The van der Waals surface area contributed by atoms with Crippen molar-refractivity contribution < 1.29 is 4.79 Å². The molecule has 0 spiro atoms. The van der Waals surface area contributed by atoms with E-state index in [9.17, 15) is 4.79 Å². The number of aromatic nitrogens is 2. The van der Waals surface area contributed by atoms with E-state index in [0.717, 1.165) is 22.7 Å². The number of hydrogen-bond acceptors (Lipinski definition) is 6. The van der Waals surface area contributed by atoms with Gasteiger partial charge in [0.1, 0.15) is 11.9 Å². The molecule has 1 saturated carbocycles. The van der Waals surface area contributed by atoms with Crippen LogP contribution in [0, 0.1) is 0 Å². The Labute approximate surface area is 131 Å². The highest BCUT2D eigenvalue weighted by Crippen LogP contribution is 2.34. The number of thioether (sulfide) groups is 1. The highest BCUT2D eigenvalue weighted by Gasteiger charge is 2.42. The zero-order valence-electron chi connectivity index (χ0n) is 11.4. The monoisotopic (exact) mass is 320 g/mol. The van der Waals surface area contributed by atoms with Crippen LogP contribution in [0.4, 0.5) is 0 Å². The molecule has 0 bridgehead atoms. The molecule has 1 aromatic carbocycles. The zero-order valence-corrected chi connectivity index (χ0v) is 13.0. The van der Waals surface area contributed by atoms with Crippen LogP contribution in [0.15, 0.2) is 41.0 Å². The third-order valence-corrected chi connectivity index (χ3v) is 5.44. The number of nitrogens with zero attached hydrogens (tertiary/aromatic N) is 2. The quantitative estimate of drug-likeness (QED) is 0.760. The highest BCUT2D eigenvalue weighted by atomic mass is 32.2. The first kappa shape index (κ1) is 14.5. The minimum Gasteiger partial charge on any atom is -0.368 e. The Morgan fingerprint density at radius 3 is 2.76 bits per heavy atom. The molecule has 2 aromatic rings. The van der Waals surface area contributed by atoms with Gasteiger partial charge in [-0.05, 0) is 29.9 Å². The van der Waals surface area contributed by atoms with Gasteiger partial charge in [0.2, 0.25) is 5.91 Å². The molecule has 1 aromatic heterocycles. The summed E-state index contributed by atoms with van der Waals surface area (Å²) >= 11 is 2.84. The SMILES string of the molecule is NC(=O)C(CSc1ncns1)(NC1CC1)c1ccccc1. The molecular weight excluding hydrogens is 304 g/mol. The van der Waals surface area contributed by atoms with Crippen molar-refractivity contribution in [2.45, 2.75) is 28.8 Å². The summed E-state index contributed by atoms with van der Waals surface area (Å²) in [5, 5.41) is 3.44. The van der Waals surface area contributed by atoms with Crippen LogP contribution in [-0.4, -0.2) is 27.1 Å². The Hall–Kier alpha value is -1.44. The molecule has 3 rings (SSSR count). The Kier molecular flexibility index (Phi) is 4.23. The van der Waals surface area contributed by atoms with Gasteiger partial charge in [0, 0.05) is 11.8 Å². The van der Waals surface area contributed by atoms with Gasteiger partial charge in [0.05, 0.1) is 0 Å². The maximum atomic E-state index is 12.3. The van der Waals surface area contributed by atoms with Crippen LogP contribution in [0.3, 0.4) is 0 Å². The summed E-state index contributed by atoms with van der Waals surface area (Å²) in [5.41, 5.74) is 5.81. The smallest absolute Gasteiger partial charge is 0.243 e. The number of nitrogens with two attached hydrogens (primary N) is 1. The van der Waals surface area contributed by atoms with Crippen LogP contribution in [-0.2, 0) is 10.3 Å². The normalized spacial score (nSPS) is 17.3. The van der Waals surface area contributed by atoms with Gasteiger partial charge in [-0.3, -0.25) is 10.1 Å². The molecule has 1 aliphatic rings. The van der Waals surface area contributed by atoms with E-state index < -0.39 is 5.54 Å². The summed E-state index contributed by atoms with van der Waals surface area (Å²) in [6.07, 6.45) is 3.70. The fraction of sp³-hybridized carbons (Fsp3) is 0.357. The van der Waals surface area contributed by atoms with Gasteiger partial charge in [-0.25, -0.2) is 4.98 Å². The molecule has 1 fully saturated rings. The number of carbonyl (C=O) groups excluding carboxylic acids is 1. The Bertz CT molecular complexity index is 601. The maximum absolute atomic E-state index is 12.3. The van der Waals surface area contributed by atoms with Gasteiger partial charge in [0.25, 0.3) is 0 Å². The average Bonchev–Trinajstić information content (AvgIpc) is 3.16. The first-order chi connectivity index (χ1) is 10.2. The zero-order chi connectivity index (χ0) is 14.7. The molecule has 0 aliphatic heterocycles. The number of rotatable bonds is 7. The van der Waals surface area contributed by atoms with Crippen LogP contribution >= 0.6 is 23.3 Å². The van der Waals surface area contributed by atoms with E-state index in [1.807, 2.05) is 30.3 Å². The molecule has 110 valence electrons. The van der Waals surface area contributed by atoms with Crippen molar-refractivity contribution in [3.8, 4) is 0 Å². The fourth-order valence-corrected chi connectivity index (χ4v) is 3.84. The molecule has 5 nitrogen and oxygen atoms in total. The lowest BCUT2D eigenvalue weighted by Crippen LogP contribution is -2.55. The van der Waals surface area contributed by atoms with E-state index in [4.69, 9.17) is 5.73 Å². The van der Waals surface area contributed by atoms with Crippen molar-refractivity contribution in [2.24, 2.45) is 5.73 Å². The molecule has 21 heavy (non-hydrogen) atoms. The Morgan fingerprint density at radius 2 is 2.19 bits per heavy atom. The van der Waals surface area contributed by atoms with Gasteiger partial charge in [-0.2, -0.15) is 4.37 Å². The van der Waals surface area contributed by atoms with Gasteiger partial charge < -0.3 is 5.73 Å². The van der Waals surface area contributed by atoms with E-state index in [-0.39, 0.29) is 5.91 Å². The lowest BCUT2D eigenvalue weighted by atomic mass is 9.91. The van der Waals surface area contributed by atoms with Gasteiger partial charge in [-0.1, -0.05) is 42.1 Å². The summed E-state index contributed by atoms with van der Waals surface area (Å²) in [7, 11) is 0. The number of hydrogen-bond donors (Lipinski definition) is 2. The van der Waals surface area contributed by atoms with E-state index in [1.54, 1.807) is 0 Å². The molecule has 1 heterocycles. The minimum absolute atomic E-state index is 0.349. The molecule has 0 saturated heterocycles. The summed E-state index contributed by atoms with van der Waals surface area (Å²) in [6.45, 7) is 0. The lowest BCUT2D eigenvalue weighted by Gasteiger charge is -2.32. The second kappa shape index (κ2) is 6.13. The van der Waals surface area contributed by atoms with E-state index >= 15 is 0 Å². The fourth-order valence-electron chi connectivity index (χ4n) is 2.19. The average molecular weight is 320 g/mol. The minimum atomic E-state index is -0.862. The molecule has 1 atom stereocenters. The topological polar surface area (TPSA) is 80.9 Å². The van der Waals surface area contributed by atoms with Crippen molar-refractivity contribution in [1.29, 1.82) is 0 Å². The second-order valence-corrected chi connectivity index (χ2v) is 7.05. The van der Waals surface area contributed by atoms with Crippen LogP contribution in [0.5, 0.6) is 0 Å². The predicted octanol–water partition coefficient (Wildman–Crippen LogP) is 1.76. The Morgan fingerprint density at radius 1 is 1.43 bits per heavy atom. The second-order valence-electron chi connectivity index (χ2n) is 5.05. The van der Waals surface area contributed by atoms with Crippen LogP contribution in [0.1, 0.15) is 18.4 Å². The maximum Gasteiger partial charge on any atom is 0.243 e. The summed E-state index contributed by atoms with van der Waals surface area (Å²) < 4.78 is 4.83. The van der Waals surface area contributed by atoms with Crippen LogP contribution in [0.2, 0.25) is 0 Å². The van der Waals surface area contributed by atoms with Crippen molar-refractivity contribution in [3.63, 3.8) is 0 Å². The molecular formula is C14H16N4OS2. The van der Waals surface area contributed by atoms with Crippen LogP contribution < -0.4 is 11.1 Å². The van der Waals surface area contributed by atoms with E-state index in [2.05, 4.69) is 14.7 Å². The van der Waals surface area contributed by atoms with Crippen LogP contribution in [0.25, 0.3) is 0 Å². The van der Waals surface area contributed by atoms with Crippen molar-refractivity contribution in [2.75, 3.05) is 5.75 Å². The van der Waals surface area contributed by atoms with Gasteiger partial charge in [0.15, 0.2) is 4.34 Å². The highest BCUT2D eigenvalue weighted by molar-refractivity contribution is 8.01. The summed E-state index contributed by atoms with van der Waals surface area (Å²) in [4.78, 5) is 16.4. The number of amides is 1. The molecule has 1 amide bonds. The first-order valence-electron chi connectivity index (χ1n) is 6.73. The van der Waals surface area contributed by atoms with Crippen molar-refractivity contribution in [1.82, 2.24) is 14.7 Å². The number of primary amides is 1. The van der Waals surface area contributed by atoms with Crippen molar-refractivity contribution in [3.05, 3.63) is 42.2 Å². The van der Waals surface area contributed by atoms with E-state index in [0.29, 0.717) is 11.8 Å². The van der Waals surface area contributed by atoms with Gasteiger partial charge in [-0.15, -0.1) is 0 Å². The molecule has 0 radical (unpaired) electrons. The molecule has 1 unspecified atom stereocenters. The lowest BCUT2D eigenvalue weighted by molar-refractivity contribution is -0.124. The Balaban J connectivity index is 1.89. The predicted molar refractivity (Wildman–Crippen MR) is 84.1 cm³/mol. The van der Waals surface area contributed by atoms with E-state index in [1.165, 1.54) is 29.6 Å². The number of benzene rings is 1. The third kappa shape index (κ3) is 3.25.